The van der Waals surface area contributed by atoms with Gasteiger partial charge in [0.25, 0.3) is 0 Å². The molecule has 0 saturated heterocycles. The number of rotatable bonds is 7. The summed E-state index contributed by atoms with van der Waals surface area (Å²) in [5.74, 6) is -0.0629. The third-order valence-corrected chi connectivity index (χ3v) is 3.03. The van der Waals surface area contributed by atoms with Crippen molar-refractivity contribution in [3.05, 3.63) is 12.7 Å². The summed E-state index contributed by atoms with van der Waals surface area (Å²) in [6.45, 7) is 6.92. The lowest BCUT2D eigenvalue weighted by Crippen LogP contribution is -2.26. The molecular weight excluding hydrogens is 228 g/mol. The van der Waals surface area contributed by atoms with Crippen molar-refractivity contribution in [1.29, 1.82) is 0 Å². The molecule has 0 amide bonds. The molecule has 0 aliphatic carbocycles. The predicted molar refractivity (Wildman–Crippen MR) is 64.1 cm³/mol. The summed E-state index contributed by atoms with van der Waals surface area (Å²) in [5, 5.41) is 8.49. The number of carbonyl (C=O) groups is 2. The molecule has 0 aliphatic rings. The number of hydrogen-bond donors (Lipinski definition) is 1. The number of ether oxygens (including phenoxy) is 1. The minimum absolute atomic E-state index is 0.0398. The van der Waals surface area contributed by atoms with Crippen molar-refractivity contribution in [1.82, 2.24) is 0 Å². The number of esters is 1. The maximum Gasteiger partial charge on any atom is 0.307 e. The zero-order chi connectivity index (χ0) is 12.6. The highest BCUT2D eigenvalue weighted by Gasteiger charge is 2.31. The van der Waals surface area contributed by atoms with Crippen LogP contribution in [0.3, 0.4) is 0 Å². The average molecular weight is 246 g/mol. The van der Waals surface area contributed by atoms with E-state index in [0.717, 1.165) is 11.8 Å². The summed E-state index contributed by atoms with van der Waals surface area (Å²) < 4.78 is 4.81. The van der Waals surface area contributed by atoms with E-state index in [1.807, 2.05) is 0 Å². The molecule has 0 aliphatic heterocycles. The number of thioether (sulfide) groups is 1. The maximum absolute atomic E-state index is 11.7. The van der Waals surface area contributed by atoms with Crippen LogP contribution in [0.1, 0.15) is 20.3 Å². The van der Waals surface area contributed by atoms with Crippen LogP contribution in [0.4, 0.5) is 0 Å². The van der Waals surface area contributed by atoms with Crippen LogP contribution in [0.15, 0.2) is 12.7 Å². The second-order valence-corrected chi connectivity index (χ2v) is 4.96. The van der Waals surface area contributed by atoms with Crippen LogP contribution in [0.5, 0.6) is 0 Å². The molecule has 5 heteroatoms. The van der Waals surface area contributed by atoms with Gasteiger partial charge in [-0.05, 0) is 0 Å². The zero-order valence-electron chi connectivity index (χ0n) is 9.69. The van der Waals surface area contributed by atoms with Gasteiger partial charge in [0.15, 0.2) is 5.12 Å². The van der Waals surface area contributed by atoms with Crippen molar-refractivity contribution in [3.8, 4) is 0 Å². The Balaban J connectivity index is 4.15. The third kappa shape index (κ3) is 5.92. The zero-order valence-corrected chi connectivity index (χ0v) is 10.5. The van der Waals surface area contributed by atoms with Gasteiger partial charge in [0.1, 0.15) is 6.61 Å². The molecule has 0 atom stereocenters. The van der Waals surface area contributed by atoms with Crippen LogP contribution in [0.25, 0.3) is 0 Å². The molecule has 0 spiro atoms. The molecule has 0 aromatic rings. The second-order valence-electron chi connectivity index (χ2n) is 3.89. The summed E-state index contributed by atoms with van der Waals surface area (Å²) >= 11 is 1.03. The van der Waals surface area contributed by atoms with Gasteiger partial charge in [-0.2, -0.15) is 0 Å². The molecule has 0 fully saturated rings. The highest BCUT2D eigenvalue weighted by Crippen LogP contribution is 2.28. The maximum atomic E-state index is 11.7. The van der Waals surface area contributed by atoms with E-state index in [1.54, 1.807) is 13.8 Å². The lowest BCUT2D eigenvalue weighted by atomic mass is 9.91. The van der Waals surface area contributed by atoms with E-state index in [9.17, 15) is 9.59 Å². The normalized spacial score (nSPS) is 10.9. The average Bonchev–Trinajstić information content (AvgIpc) is 2.22. The molecule has 0 rings (SSSR count). The smallest absolute Gasteiger partial charge is 0.307 e. The highest BCUT2D eigenvalue weighted by atomic mass is 32.2. The van der Waals surface area contributed by atoms with E-state index in [0.29, 0.717) is 5.75 Å². The Kier molecular flexibility index (Phi) is 7.08. The van der Waals surface area contributed by atoms with Crippen molar-refractivity contribution in [2.24, 2.45) is 5.41 Å². The van der Waals surface area contributed by atoms with E-state index in [-0.39, 0.29) is 24.7 Å². The van der Waals surface area contributed by atoms with Gasteiger partial charge in [0, 0.05) is 11.2 Å². The highest BCUT2D eigenvalue weighted by molar-refractivity contribution is 8.13. The second kappa shape index (κ2) is 7.46. The van der Waals surface area contributed by atoms with Crippen molar-refractivity contribution >= 4 is 22.8 Å². The minimum atomic E-state index is -0.766. The fourth-order valence-corrected chi connectivity index (χ4v) is 1.71. The first-order valence-electron chi connectivity index (χ1n) is 4.98. The van der Waals surface area contributed by atoms with Gasteiger partial charge in [0.2, 0.25) is 0 Å². The minimum Gasteiger partial charge on any atom is -0.461 e. The summed E-state index contributed by atoms with van der Waals surface area (Å²) in [4.78, 5) is 23.0. The largest absolute Gasteiger partial charge is 0.461 e. The van der Waals surface area contributed by atoms with Crippen molar-refractivity contribution in [3.63, 3.8) is 0 Å². The van der Waals surface area contributed by atoms with Crippen LogP contribution in [0, 0.1) is 5.41 Å². The Morgan fingerprint density at radius 3 is 2.62 bits per heavy atom. The molecular formula is C11H18O4S. The molecule has 92 valence electrons. The van der Waals surface area contributed by atoms with Crippen molar-refractivity contribution in [2.45, 2.75) is 20.3 Å². The van der Waals surface area contributed by atoms with Gasteiger partial charge in [-0.15, -0.1) is 0 Å². The monoisotopic (exact) mass is 246 g/mol. The van der Waals surface area contributed by atoms with E-state index >= 15 is 0 Å². The molecule has 0 aromatic carbocycles. The Hall–Kier alpha value is -0.810. The summed E-state index contributed by atoms with van der Waals surface area (Å²) in [6.07, 6.45) is 1.52. The number of carbonyl (C=O) groups excluding carboxylic acids is 2. The standard InChI is InChI=1S/C11H18O4S/c1-4-6-15-9(13)8-11(2,3)10(14)16-7-5-12/h4,12H,1,5-8H2,2-3H3. The lowest BCUT2D eigenvalue weighted by Gasteiger charge is -2.20. The Bertz CT molecular complexity index is 261. The van der Waals surface area contributed by atoms with Crippen LogP contribution in [-0.4, -0.2) is 35.2 Å². The Morgan fingerprint density at radius 2 is 2.12 bits per heavy atom. The summed E-state index contributed by atoms with van der Waals surface area (Å²) in [7, 11) is 0. The molecule has 0 heterocycles. The van der Waals surface area contributed by atoms with E-state index in [2.05, 4.69) is 6.58 Å². The first-order chi connectivity index (χ1) is 7.44. The molecule has 0 bridgehead atoms. The van der Waals surface area contributed by atoms with E-state index in [1.165, 1.54) is 6.08 Å². The number of aliphatic hydroxyl groups is 1. The van der Waals surface area contributed by atoms with Crippen LogP contribution >= 0.6 is 11.8 Å². The first-order valence-corrected chi connectivity index (χ1v) is 5.97. The Labute approximate surface area is 100 Å². The number of aliphatic hydroxyl groups excluding tert-OH is 1. The molecule has 0 aromatic heterocycles. The quantitative estimate of drug-likeness (QED) is 0.543. The molecule has 4 nitrogen and oxygen atoms in total. The predicted octanol–water partition coefficient (Wildman–Crippen LogP) is 1.38. The third-order valence-electron chi connectivity index (χ3n) is 1.83. The van der Waals surface area contributed by atoms with Gasteiger partial charge < -0.3 is 9.84 Å². The molecule has 16 heavy (non-hydrogen) atoms. The fraction of sp³-hybridized carbons (Fsp3) is 0.636. The SMILES string of the molecule is C=CCOC(=O)CC(C)(C)C(=O)SCCO. The van der Waals surface area contributed by atoms with Gasteiger partial charge in [-0.3, -0.25) is 9.59 Å². The first kappa shape index (κ1) is 15.2. The Morgan fingerprint density at radius 1 is 1.50 bits per heavy atom. The number of hydrogen-bond acceptors (Lipinski definition) is 5. The van der Waals surface area contributed by atoms with Gasteiger partial charge in [-0.1, -0.05) is 38.3 Å². The summed E-state index contributed by atoms with van der Waals surface area (Å²) in [6, 6.07) is 0. The van der Waals surface area contributed by atoms with Gasteiger partial charge in [-0.25, -0.2) is 0 Å². The fourth-order valence-electron chi connectivity index (χ4n) is 0.970. The van der Waals surface area contributed by atoms with E-state index < -0.39 is 11.4 Å². The molecule has 0 unspecified atom stereocenters. The topological polar surface area (TPSA) is 63.6 Å². The molecule has 1 N–H and O–H groups in total. The van der Waals surface area contributed by atoms with Crippen LogP contribution in [0.2, 0.25) is 0 Å². The molecule has 0 saturated carbocycles. The van der Waals surface area contributed by atoms with Crippen LogP contribution < -0.4 is 0 Å². The summed E-state index contributed by atoms with van der Waals surface area (Å²) in [5.41, 5.74) is -0.766. The van der Waals surface area contributed by atoms with Gasteiger partial charge in [0.05, 0.1) is 13.0 Å². The van der Waals surface area contributed by atoms with Gasteiger partial charge >= 0.3 is 5.97 Å². The lowest BCUT2D eigenvalue weighted by molar-refractivity contribution is -0.146. The molecule has 0 radical (unpaired) electrons. The van der Waals surface area contributed by atoms with Crippen molar-refractivity contribution in [2.75, 3.05) is 19.0 Å². The van der Waals surface area contributed by atoms with Crippen molar-refractivity contribution < 1.29 is 19.4 Å². The van der Waals surface area contributed by atoms with Crippen LogP contribution in [-0.2, 0) is 14.3 Å². The van der Waals surface area contributed by atoms with E-state index in [4.69, 9.17) is 9.84 Å².